The molecule has 0 radical (unpaired) electrons. The summed E-state index contributed by atoms with van der Waals surface area (Å²) in [5.41, 5.74) is 11.5. The number of thiophene rings is 1. The highest BCUT2D eigenvalue weighted by Crippen LogP contribution is 2.47. The minimum absolute atomic E-state index is 0.551. The fraction of sp³-hybridized carbons (Fsp3) is 0.0377. The van der Waals surface area contributed by atoms with Gasteiger partial charge >= 0.3 is 0 Å². The molecule has 11 rings (SSSR count). The summed E-state index contributed by atoms with van der Waals surface area (Å²) in [6, 6.07) is 62.9. The van der Waals surface area contributed by atoms with E-state index in [9.17, 15) is 4.39 Å². The molecule has 4 nitrogen and oxygen atoms in total. The van der Waals surface area contributed by atoms with Gasteiger partial charge in [0.15, 0.2) is 17.5 Å². The van der Waals surface area contributed by atoms with Crippen LogP contribution in [-0.2, 0) is 6.67 Å². The van der Waals surface area contributed by atoms with Crippen molar-refractivity contribution in [2.75, 3.05) is 0 Å². The highest BCUT2D eigenvalue weighted by atomic mass is 32.1. The number of halogens is 1. The number of fused-ring (bicyclic) bond motifs is 7. The Morgan fingerprint density at radius 1 is 0.475 bits per heavy atom. The fourth-order valence-electron chi connectivity index (χ4n) is 8.49. The Labute approximate surface area is 344 Å². The number of para-hydroxylation sites is 1. The van der Waals surface area contributed by atoms with E-state index in [-0.39, 0.29) is 0 Å². The Hall–Kier alpha value is -7.28. The zero-order valence-electron chi connectivity index (χ0n) is 32.1. The minimum atomic E-state index is -0.568. The van der Waals surface area contributed by atoms with Gasteiger partial charge in [0, 0.05) is 58.8 Å². The molecule has 0 bridgehead atoms. The summed E-state index contributed by atoms with van der Waals surface area (Å²) in [4.78, 5) is 15.4. The van der Waals surface area contributed by atoms with Crippen molar-refractivity contribution < 1.29 is 4.39 Å². The maximum absolute atomic E-state index is 14.6. The molecule has 8 aromatic carbocycles. The summed E-state index contributed by atoms with van der Waals surface area (Å²) in [6.45, 7) is 1.56. The molecule has 0 spiro atoms. The normalized spacial score (nSPS) is 11.6. The molecule has 0 saturated heterocycles. The van der Waals surface area contributed by atoms with Crippen LogP contribution in [0.4, 0.5) is 4.39 Å². The molecular weight excluding hydrogens is 744 g/mol. The maximum atomic E-state index is 14.6. The second-order valence-corrected chi connectivity index (χ2v) is 16.0. The summed E-state index contributed by atoms with van der Waals surface area (Å²) in [5.74, 6) is 1.73. The third kappa shape index (κ3) is 5.99. The van der Waals surface area contributed by atoms with E-state index in [1.54, 1.807) is 0 Å². The minimum Gasteiger partial charge on any atom is -0.308 e. The second-order valence-electron chi connectivity index (χ2n) is 14.9. The van der Waals surface area contributed by atoms with E-state index in [0.717, 1.165) is 61.2 Å². The zero-order valence-corrected chi connectivity index (χ0v) is 32.9. The third-order valence-corrected chi connectivity index (χ3v) is 12.4. The summed E-state index contributed by atoms with van der Waals surface area (Å²) >= 11 is 1.84. The number of hydrogen-bond donors (Lipinski definition) is 0. The number of aryl methyl sites for hydroxylation is 1. The maximum Gasteiger partial charge on any atom is 0.164 e. The molecule has 0 amide bonds. The average molecular weight is 779 g/mol. The van der Waals surface area contributed by atoms with E-state index in [0.29, 0.717) is 23.0 Å². The van der Waals surface area contributed by atoms with Gasteiger partial charge < -0.3 is 4.57 Å². The zero-order chi connectivity index (χ0) is 39.5. The molecule has 3 aromatic heterocycles. The largest absolute Gasteiger partial charge is 0.308 e. The monoisotopic (exact) mass is 778 g/mol. The average Bonchev–Trinajstić information content (AvgIpc) is 3.85. The third-order valence-electron chi connectivity index (χ3n) is 11.2. The molecule has 0 aliphatic heterocycles. The predicted octanol–water partition coefficient (Wildman–Crippen LogP) is 14.4. The number of rotatable bonds is 7. The van der Waals surface area contributed by atoms with Crippen molar-refractivity contribution >= 4 is 53.3 Å². The molecule has 0 saturated carbocycles. The van der Waals surface area contributed by atoms with Gasteiger partial charge in [-0.2, -0.15) is 0 Å². The Balaban J connectivity index is 1.28. The molecule has 59 heavy (non-hydrogen) atoms. The van der Waals surface area contributed by atoms with Crippen LogP contribution < -0.4 is 0 Å². The van der Waals surface area contributed by atoms with Crippen LogP contribution in [0.5, 0.6) is 0 Å². The first-order valence-corrected chi connectivity index (χ1v) is 20.5. The highest BCUT2D eigenvalue weighted by Gasteiger charge is 2.25. The van der Waals surface area contributed by atoms with Gasteiger partial charge in [0.2, 0.25) is 0 Å². The van der Waals surface area contributed by atoms with Crippen molar-refractivity contribution in [2.45, 2.75) is 13.6 Å². The van der Waals surface area contributed by atoms with Gasteiger partial charge in [-0.1, -0.05) is 151 Å². The summed E-state index contributed by atoms with van der Waals surface area (Å²) in [6.07, 6.45) is 0. The van der Waals surface area contributed by atoms with Crippen LogP contribution in [0.1, 0.15) is 11.1 Å². The number of alkyl halides is 1. The van der Waals surface area contributed by atoms with Crippen LogP contribution in [0.3, 0.4) is 0 Å². The Kier molecular flexibility index (Phi) is 8.45. The second kappa shape index (κ2) is 14.3. The van der Waals surface area contributed by atoms with Gasteiger partial charge in [0.05, 0.1) is 16.7 Å². The molecule has 0 aliphatic rings. The van der Waals surface area contributed by atoms with Gasteiger partial charge in [-0.25, -0.2) is 19.3 Å². The SMILES string of the molecule is Cc1cccc(-c2cc(-c3nc(-c4ccccc4)nc(-c4ccccc4)n3)cc(-c3cccc(CF)c3)c2-n2c3ccccc3c3c4sc5ccccc5c4ccc32)c1. The van der Waals surface area contributed by atoms with Crippen molar-refractivity contribution in [2.24, 2.45) is 0 Å². The molecule has 0 unspecified atom stereocenters. The molecule has 280 valence electrons. The highest BCUT2D eigenvalue weighted by molar-refractivity contribution is 7.26. The van der Waals surface area contributed by atoms with Crippen molar-refractivity contribution in [3.8, 4) is 62.1 Å². The van der Waals surface area contributed by atoms with Crippen LogP contribution >= 0.6 is 11.3 Å². The molecule has 3 heterocycles. The van der Waals surface area contributed by atoms with E-state index < -0.39 is 6.67 Å². The molecular formula is C53H35FN4S. The number of nitrogens with zero attached hydrogens (tertiary/aromatic N) is 4. The van der Waals surface area contributed by atoms with Crippen LogP contribution in [0.2, 0.25) is 0 Å². The lowest BCUT2D eigenvalue weighted by Gasteiger charge is -2.21. The molecule has 0 aliphatic carbocycles. The molecule has 11 aromatic rings. The molecule has 0 atom stereocenters. The Morgan fingerprint density at radius 2 is 1.05 bits per heavy atom. The first-order chi connectivity index (χ1) is 29.1. The quantitative estimate of drug-likeness (QED) is 0.162. The van der Waals surface area contributed by atoms with E-state index in [4.69, 9.17) is 15.0 Å². The lowest BCUT2D eigenvalue weighted by molar-refractivity contribution is 0.485. The van der Waals surface area contributed by atoms with Gasteiger partial charge in [-0.15, -0.1) is 11.3 Å². The predicted molar refractivity (Wildman–Crippen MR) is 244 cm³/mol. The smallest absolute Gasteiger partial charge is 0.164 e. The first kappa shape index (κ1) is 34.9. The number of aromatic nitrogens is 4. The molecule has 0 fully saturated rings. The number of hydrogen-bond acceptors (Lipinski definition) is 4. The molecule has 6 heteroatoms. The van der Waals surface area contributed by atoms with Crippen molar-refractivity contribution in [1.29, 1.82) is 0 Å². The van der Waals surface area contributed by atoms with Crippen molar-refractivity contribution in [3.63, 3.8) is 0 Å². The van der Waals surface area contributed by atoms with E-state index in [2.05, 4.69) is 115 Å². The van der Waals surface area contributed by atoms with Gasteiger partial charge in [0.25, 0.3) is 0 Å². The fourth-order valence-corrected chi connectivity index (χ4v) is 9.75. The Bertz CT molecular complexity index is 3330. The first-order valence-electron chi connectivity index (χ1n) is 19.7. The summed E-state index contributed by atoms with van der Waals surface area (Å²) in [5, 5.41) is 4.92. The lowest BCUT2D eigenvalue weighted by Crippen LogP contribution is -2.04. The van der Waals surface area contributed by atoms with Gasteiger partial charge in [-0.3, -0.25) is 0 Å². The van der Waals surface area contributed by atoms with E-state index in [1.165, 1.54) is 30.9 Å². The van der Waals surface area contributed by atoms with Gasteiger partial charge in [-0.05, 0) is 60.0 Å². The number of benzene rings is 8. The molecule has 0 N–H and O–H groups in total. The van der Waals surface area contributed by atoms with Crippen LogP contribution in [0.15, 0.2) is 182 Å². The summed E-state index contributed by atoms with van der Waals surface area (Å²) < 4.78 is 19.5. The van der Waals surface area contributed by atoms with Crippen LogP contribution in [-0.4, -0.2) is 19.5 Å². The standard InChI is InChI=1S/C53H35FN4S/c1-33-14-12-20-37(28-33)43-30-39(53-56-51(35-16-4-2-5-17-35)55-52(57-53)36-18-6-3-7-19-36)31-44(38-21-13-15-34(29-38)32-54)49(43)58-45-24-10-8-23-42(45)48-46(58)27-26-41-40-22-9-11-25-47(40)59-50(41)48/h2-31H,32H2,1H3. The van der Waals surface area contributed by atoms with E-state index in [1.807, 2.05) is 90.2 Å². The lowest BCUT2D eigenvalue weighted by atomic mass is 9.91. The van der Waals surface area contributed by atoms with Crippen LogP contribution in [0, 0.1) is 6.92 Å². The van der Waals surface area contributed by atoms with Gasteiger partial charge in [0.1, 0.15) is 6.67 Å². The van der Waals surface area contributed by atoms with E-state index >= 15 is 0 Å². The van der Waals surface area contributed by atoms with Crippen molar-refractivity contribution in [3.05, 3.63) is 193 Å². The van der Waals surface area contributed by atoms with Crippen molar-refractivity contribution in [1.82, 2.24) is 19.5 Å². The van der Waals surface area contributed by atoms with Crippen LogP contribution in [0.25, 0.3) is 104 Å². The summed E-state index contributed by atoms with van der Waals surface area (Å²) in [7, 11) is 0. The topological polar surface area (TPSA) is 43.6 Å². The Morgan fingerprint density at radius 3 is 1.73 bits per heavy atom.